The normalized spacial score (nSPS) is 28.4. The predicted octanol–water partition coefficient (Wildman–Crippen LogP) is 1.66. The Hall–Kier alpha value is -0.620. The molecular weight excluding hydrogens is 298 g/mol. The van der Waals surface area contributed by atoms with E-state index in [9.17, 15) is 9.00 Å². The molecule has 6 heteroatoms. The molecule has 2 fully saturated rings. The minimum absolute atomic E-state index is 0.0251. The second-order valence-electron chi connectivity index (χ2n) is 6.57. The van der Waals surface area contributed by atoms with E-state index < -0.39 is 10.8 Å². The summed E-state index contributed by atoms with van der Waals surface area (Å²) in [6.45, 7) is 9.90. The van der Waals surface area contributed by atoms with Crippen LogP contribution in [-0.2, 0) is 10.8 Å². The monoisotopic (exact) mass is 329 g/mol. The van der Waals surface area contributed by atoms with E-state index >= 15 is 0 Å². The first-order valence-corrected chi connectivity index (χ1v) is 10.1. The van der Waals surface area contributed by atoms with E-state index in [0.29, 0.717) is 12.3 Å². The molecule has 2 unspecified atom stereocenters. The molecule has 0 bridgehead atoms. The van der Waals surface area contributed by atoms with Crippen molar-refractivity contribution in [2.45, 2.75) is 44.8 Å². The van der Waals surface area contributed by atoms with Crippen molar-refractivity contribution >= 4 is 16.8 Å². The number of hydrogen-bond acceptors (Lipinski definition) is 3. The molecule has 2 heterocycles. The number of hydrogen-bond donors (Lipinski definition) is 1. The summed E-state index contributed by atoms with van der Waals surface area (Å²) in [6, 6.07) is 0.0251. The Bertz CT molecular complexity index is 384. The molecule has 5 nitrogen and oxygen atoms in total. The van der Waals surface area contributed by atoms with Crippen molar-refractivity contribution in [2.24, 2.45) is 5.92 Å². The van der Waals surface area contributed by atoms with Crippen LogP contribution in [0.1, 0.15) is 39.5 Å². The number of carbonyl (C=O) groups is 1. The van der Waals surface area contributed by atoms with Gasteiger partial charge in [0.15, 0.2) is 0 Å². The van der Waals surface area contributed by atoms with Crippen molar-refractivity contribution < 1.29 is 9.00 Å². The highest BCUT2D eigenvalue weighted by atomic mass is 32.2. The highest BCUT2D eigenvalue weighted by molar-refractivity contribution is 7.85. The molecular formula is C16H31N3O2S. The van der Waals surface area contributed by atoms with Crippen molar-refractivity contribution in [3.63, 3.8) is 0 Å². The Morgan fingerprint density at radius 2 is 1.91 bits per heavy atom. The van der Waals surface area contributed by atoms with Crippen LogP contribution in [0.15, 0.2) is 0 Å². The zero-order valence-corrected chi connectivity index (χ0v) is 14.9. The summed E-state index contributed by atoms with van der Waals surface area (Å²) in [5.41, 5.74) is 0. The van der Waals surface area contributed by atoms with Crippen LogP contribution in [0.5, 0.6) is 0 Å². The third-order valence-corrected chi connectivity index (χ3v) is 6.81. The van der Waals surface area contributed by atoms with Gasteiger partial charge >= 0.3 is 6.03 Å². The zero-order valence-electron chi connectivity index (χ0n) is 14.1. The number of piperidine rings is 1. The maximum Gasteiger partial charge on any atom is 0.317 e. The zero-order chi connectivity index (χ0) is 15.9. The van der Waals surface area contributed by atoms with Crippen molar-refractivity contribution in [3.05, 3.63) is 0 Å². The van der Waals surface area contributed by atoms with E-state index in [4.69, 9.17) is 0 Å². The Morgan fingerprint density at radius 1 is 1.18 bits per heavy atom. The average molecular weight is 330 g/mol. The molecule has 0 saturated carbocycles. The average Bonchev–Trinajstić information content (AvgIpc) is 2.70. The van der Waals surface area contributed by atoms with Crippen LogP contribution in [0.4, 0.5) is 4.79 Å². The van der Waals surface area contributed by atoms with Crippen molar-refractivity contribution in [1.82, 2.24) is 15.1 Å². The molecule has 0 radical (unpaired) electrons. The summed E-state index contributed by atoms with van der Waals surface area (Å²) in [5, 5.41) is 3.27. The molecule has 2 aliphatic heterocycles. The lowest BCUT2D eigenvalue weighted by Crippen LogP contribution is -2.42. The summed E-state index contributed by atoms with van der Waals surface area (Å²) in [6.07, 6.45) is 4.43. The molecule has 22 heavy (non-hydrogen) atoms. The molecule has 2 aliphatic rings. The first-order chi connectivity index (χ1) is 10.6. The molecule has 0 aromatic heterocycles. The molecule has 1 N–H and O–H groups in total. The predicted molar refractivity (Wildman–Crippen MR) is 91.5 cm³/mol. The van der Waals surface area contributed by atoms with E-state index in [0.717, 1.165) is 38.4 Å². The second kappa shape index (κ2) is 8.87. The van der Waals surface area contributed by atoms with Crippen LogP contribution >= 0.6 is 0 Å². The van der Waals surface area contributed by atoms with Crippen LogP contribution in [0.2, 0.25) is 0 Å². The number of carbonyl (C=O) groups excluding carboxylic acids is 1. The van der Waals surface area contributed by atoms with Crippen LogP contribution < -0.4 is 5.32 Å². The maximum absolute atomic E-state index is 12.2. The van der Waals surface area contributed by atoms with Gasteiger partial charge in [0.2, 0.25) is 0 Å². The number of urea groups is 1. The van der Waals surface area contributed by atoms with Gasteiger partial charge in [0.1, 0.15) is 0 Å². The number of rotatable bonds is 4. The van der Waals surface area contributed by atoms with Gasteiger partial charge in [-0.1, -0.05) is 13.8 Å². The van der Waals surface area contributed by atoms with Gasteiger partial charge in [0.25, 0.3) is 0 Å². The number of amides is 2. The van der Waals surface area contributed by atoms with Crippen LogP contribution in [0.3, 0.4) is 0 Å². The summed E-state index contributed by atoms with van der Waals surface area (Å²) in [4.78, 5) is 16.5. The Labute approximate surface area is 137 Å². The van der Waals surface area contributed by atoms with Gasteiger partial charge in [-0.3, -0.25) is 4.21 Å². The molecule has 128 valence electrons. The smallest absolute Gasteiger partial charge is 0.317 e. The fourth-order valence-electron chi connectivity index (χ4n) is 3.27. The molecule has 0 aromatic carbocycles. The third kappa shape index (κ3) is 5.23. The highest BCUT2D eigenvalue weighted by Crippen LogP contribution is 2.19. The molecule has 0 spiro atoms. The topological polar surface area (TPSA) is 52.7 Å². The van der Waals surface area contributed by atoms with Gasteiger partial charge in [-0.25, -0.2) is 4.79 Å². The van der Waals surface area contributed by atoms with Crippen LogP contribution in [-0.4, -0.2) is 70.3 Å². The molecule has 2 atom stereocenters. The first-order valence-electron chi connectivity index (χ1n) is 8.72. The lowest BCUT2D eigenvalue weighted by molar-refractivity contribution is 0.182. The van der Waals surface area contributed by atoms with Crippen LogP contribution in [0, 0.1) is 5.92 Å². The molecule has 2 saturated heterocycles. The molecule has 0 aromatic rings. The molecule has 2 amide bonds. The standard InChI is InChI=1S/C16H31N3O2S/c1-3-18-9-6-15(7-10-18)4-8-17-16(20)19-11-5-14(2)22(21)13-12-19/h14-15H,3-13H2,1-2H3,(H,17,20). The number of nitrogens with one attached hydrogen (secondary N) is 1. The van der Waals surface area contributed by atoms with Gasteiger partial charge in [0, 0.05) is 41.4 Å². The molecule has 0 aliphatic carbocycles. The van der Waals surface area contributed by atoms with E-state index in [1.54, 1.807) is 0 Å². The van der Waals surface area contributed by atoms with Gasteiger partial charge in [-0.05, 0) is 51.2 Å². The fraction of sp³-hybridized carbons (Fsp3) is 0.938. The summed E-state index contributed by atoms with van der Waals surface area (Å²) in [7, 11) is -0.780. The van der Waals surface area contributed by atoms with E-state index in [1.165, 1.54) is 25.9 Å². The summed E-state index contributed by atoms with van der Waals surface area (Å²) >= 11 is 0. The Morgan fingerprint density at radius 3 is 2.59 bits per heavy atom. The van der Waals surface area contributed by atoms with E-state index in [-0.39, 0.29) is 11.3 Å². The fourth-order valence-corrected chi connectivity index (χ4v) is 4.44. The van der Waals surface area contributed by atoms with Crippen LogP contribution in [0.25, 0.3) is 0 Å². The minimum atomic E-state index is -0.780. The van der Waals surface area contributed by atoms with Gasteiger partial charge in [0.05, 0.1) is 0 Å². The minimum Gasteiger partial charge on any atom is -0.338 e. The van der Waals surface area contributed by atoms with Gasteiger partial charge in [-0.2, -0.15) is 0 Å². The Kier molecular flexibility index (Phi) is 7.15. The van der Waals surface area contributed by atoms with Gasteiger partial charge < -0.3 is 15.1 Å². The second-order valence-corrected chi connectivity index (χ2v) is 8.54. The molecule has 2 rings (SSSR count). The quantitative estimate of drug-likeness (QED) is 0.853. The first kappa shape index (κ1) is 17.7. The maximum atomic E-state index is 12.2. The number of likely N-dealkylation sites (tertiary alicyclic amines) is 1. The largest absolute Gasteiger partial charge is 0.338 e. The third-order valence-electron chi connectivity index (χ3n) is 5.09. The van der Waals surface area contributed by atoms with E-state index in [1.807, 2.05) is 11.8 Å². The van der Waals surface area contributed by atoms with E-state index in [2.05, 4.69) is 17.1 Å². The lowest BCUT2D eigenvalue weighted by atomic mass is 9.93. The summed E-state index contributed by atoms with van der Waals surface area (Å²) in [5.74, 6) is 1.36. The van der Waals surface area contributed by atoms with Gasteiger partial charge in [-0.15, -0.1) is 0 Å². The lowest BCUT2D eigenvalue weighted by Gasteiger charge is -2.31. The summed E-state index contributed by atoms with van der Waals surface area (Å²) < 4.78 is 11.8. The Balaban J connectivity index is 1.64. The number of nitrogens with zero attached hydrogens (tertiary/aromatic N) is 2. The highest BCUT2D eigenvalue weighted by Gasteiger charge is 2.23. The SMILES string of the molecule is CCN1CCC(CCNC(=O)N2CCC(C)S(=O)CC2)CC1. The van der Waals surface area contributed by atoms with Crippen molar-refractivity contribution in [1.29, 1.82) is 0 Å². The van der Waals surface area contributed by atoms with Crippen molar-refractivity contribution in [3.8, 4) is 0 Å². The van der Waals surface area contributed by atoms with Crippen molar-refractivity contribution in [2.75, 3.05) is 45.0 Å².